The molecule has 1 aromatic heterocycles. The zero-order valence-electron chi connectivity index (χ0n) is 15.7. The molecule has 27 heavy (non-hydrogen) atoms. The fraction of sp³-hybridized carbons (Fsp3) is 0.238. The minimum absolute atomic E-state index is 0.109. The molecular formula is C21H23N3O3. The van der Waals surface area contributed by atoms with Crippen molar-refractivity contribution in [2.24, 2.45) is 7.05 Å². The van der Waals surface area contributed by atoms with Crippen LogP contribution in [0.4, 0.5) is 0 Å². The third-order valence-electron chi connectivity index (χ3n) is 4.37. The van der Waals surface area contributed by atoms with E-state index < -0.39 is 6.04 Å². The lowest BCUT2D eigenvalue weighted by Crippen LogP contribution is -2.32. The molecule has 0 saturated carbocycles. The molecule has 2 aromatic carbocycles. The van der Waals surface area contributed by atoms with E-state index in [2.05, 4.69) is 10.3 Å². The molecule has 0 aliphatic carbocycles. The van der Waals surface area contributed by atoms with Gasteiger partial charge in [0.1, 0.15) is 23.4 Å². The molecule has 3 rings (SSSR count). The van der Waals surface area contributed by atoms with Gasteiger partial charge < -0.3 is 19.4 Å². The molecule has 0 saturated heterocycles. The summed E-state index contributed by atoms with van der Waals surface area (Å²) in [5.41, 5.74) is 1.73. The molecule has 0 bridgehead atoms. The molecule has 140 valence electrons. The third kappa shape index (κ3) is 4.28. The number of methoxy groups -OCH3 is 2. The van der Waals surface area contributed by atoms with Crippen LogP contribution < -0.4 is 14.8 Å². The van der Waals surface area contributed by atoms with Gasteiger partial charge in [-0.25, -0.2) is 4.98 Å². The first-order chi connectivity index (χ1) is 13.1. The van der Waals surface area contributed by atoms with Gasteiger partial charge in [0.2, 0.25) is 5.91 Å². The molecule has 6 heteroatoms. The lowest BCUT2D eigenvalue weighted by atomic mass is 10.0. The highest BCUT2D eigenvalue weighted by molar-refractivity contribution is 5.79. The van der Waals surface area contributed by atoms with E-state index in [9.17, 15) is 4.79 Å². The summed E-state index contributed by atoms with van der Waals surface area (Å²) < 4.78 is 12.6. The van der Waals surface area contributed by atoms with Crippen molar-refractivity contribution in [2.45, 2.75) is 12.5 Å². The number of imidazole rings is 1. The number of hydrogen-bond acceptors (Lipinski definition) is 4. The number of nitrogens with zero attached hydrogens (tertiary/aromatic N) is 2. The average Bonchev–Trinajstić information content (AvgIpc) is 3.12. The van der Waals surface area contributed by atoms with Gasteiger partial charge >= 0.3 is 0 Å². The molecule has 0 aliphatic heterocycles. The predicted molar refractivity (Wildman–Crippen MR) is 103 cm³/mol. The van der Waals surface area contributed by atoms with Crippen molar-refractivity contribution in [2.75, 3.05) is 14.2 Å². The lowest BCUT2D eigenvalue weighted by Gasteiger charge is -2.21. The Morgan fingerprint density at radius 3 is 2.67 bits per heavy atom. The van der Waals surface area contributed by atoms with Gasteiger partial charge in [-0.15, -0.1) is 0 Å². The van der Waals surface area contributed by atoms with Crippen LogP contribution in [0.3, 0.4) is 0 Å². The number of rotatable bonds is 7. The minimum Gasteiger partial charge on any atom is -0.497 e. The fourth-order valence-corrected chi connectivity index (χ4v) is 3.02. The van der Waals surface area contributed by atoms with Crippen LogP contribution in [0.1, 0.15) is 23.0 Å². The summed E-state index contributed by atoms with van der Waals surface area (Å²) in [6, 6.07) is 14.7. The van der Waals surface area contributed by atoms with Crippen molar-refractivity contribution in [3.63, 3.8) is 0 Å². The third-order valence-corrected chi connectivity index (χ3v) is 4.37. The van der Waals surface area contributed by atoms with Crippen LogP contribution in [0.2, 0.25) is 0 Å². The maximum atomic E-state index is 12.8. The molecule has 3 aromatic rings. The monoisotopic (exact) mass is 365 g/mol. The summed E-state index contributed by atoms with van der Waals surface area (Å²) in [7, 11) is 5.13. The Morgan fingerprint density at radius 1 is 1.15 bits per heavy atom. The summed E-state index contributed by atoms with van der Waals surface area (Å²) in [5.74, 6) is 2.05. The Morgan fingerprint density at radius 2 is 1.96 bits per heavy atom. The van der Waals surface area contributed by atoms with E-state index in [0.29, 0.717) is 5.75 Å². The van der Waals surface area contributed by atoms with Crippen molar-refractivity contribution in [1.82, 2.24) is 14.9 Å². The van der Waals surface area contributed by atoms with Crippen LogP contribution in [0.5, 0.6) is 11.5 Å². The van der Waals surface area contributed by atoms with Gasteiger partial charge in [0.15, 0.2) is 0 Å². The lowest BCUT2D eigenvalue weighted by molar-refractivity contribution is -0.121. The van der Waals surface area contributed by atoms with E-state index in [1.54, 1.807) is 20.4 Å². The van der Waals surface area contributed by atoms with E-state index in [4.69, 9.17) is 9.47 Å². The van der Waals surface area contributed by atoms with Crippen LogP contribution >= 0.6 is 0 Å². The Kier molecular flexibility index (Phi) is 5.76. The number of amides is 1. The summed E-state index contributed by atoms with van der Waals surface area (Å²) in [4.78, 5) is 17.2. The van der Waals surface area contributed by atoms with Gasteiger partial charge in [-0.2, -0.15) is 0 Å². The van der Waals surface area contributed by atoms with Crippen molar-refractivity contribution >= 4 is 5.91 Å². The zero-order chi connectivity index (χ0) is 19.2. The number of benzene rings is 2. The van der Waals surface area contributed by atoms with Crippen molar-refractivity contribution in [1.29, 1.82) is 0 Å². The molecular weight excluding hydrogens is 342 g/mol. The number of carbonyl (C=O) groups excluding carboxylic acids is 1. The number of aryl methyl sites for hydroxylation is 1. The molecule has 0 radical (unpaired) electrons. The predicted octanol–water partition coefficient (Wildman–Crippen LogP) is 2.89. The Balaban J connectivity index is 1.87. The summed E-state index contributed by atoms with van der Waals surface area (Å²) in [6.07, 6.45) is 3.81. The second-order valence-electron chi connectivity index (χ2n) is 6.17. The zero-order valence-corrected chi connectivity index (χ0v) is 15.7. The van der Waals surface area contributed by atoms with E-state index in [1.165, 1.54) is 0 Å². The maximum Gasteiger partial charge on any atom is 0.225 e. The second-order valence-corrected chi connectivity index (χ2v) is 6.17. The van der Waals surface area contributed by atoms with E-state index in [1.807, 2.05) is 66.3 Å². The van der Waals surface area contributed by atoms with Gasteiger partial charge in [-0.05, 0) is 23.8 Å². The minimum atomic E-state index is -0.417. The van der Waals surface area contributed by atoms with Gasteiger partial charge in [0, 0.05) is 25.0 Å². The largest absolute Gasteiger partial charge is 0.497 e. The first-order valence-corrected chi connectivity index (χ1v) is 8.64. The molecule has 0 aliphatic rings. The van der Waals surface area contributed by atoms with Gasteiger partial charge in [0.25, 0.3) is 0 Å². The number of carbonyl (C=O) groups is 1. The molecule has 6 nitrogen and oxygen atoms in total. The number of ether oxygens (including phenoxy) is 2. The second kappa shape index (κ2) is 8.40. The van der Waals surface area contributed by atoms with Crippen molar-refractivity contribution in [3.8, 4) is 11.5 Å². The molecule has 1 N–H and O–H groups in total. The van der Waals surface area contributed by atoms with Crippen molar-refractivity contribution in [3.05, 3.63) is 77.9 Å². The smallest absolute Gasteiger partial charge is 0.225 e. The highest BCUT2D eigenvalue weighted by Crippen LogP contribution is 2.29. The summed E-state index contributed by atoms with van der Waals surface area (Å²) in [6.45, 7) is 0. The number of aromatic nitrogens is 2. The highest BCUT2D eigenvalue weighted by atomic mass is 16.5. The Bertz CT molecular complexity index is 920. The van der Waals surface area contributed by atoms with Crippen LogP contribution in [0, 0.1) is 0 Å². The summed E-state index contributed by atoms with van der Waals surface area (Å²) in [5, 5.41) is 3.09. The van der Waals surface area contributed by atoms with Gasteiger partial charge in [-0.3, -0.25) is 4.79 Å². The van der Waals surface area contributed by atoms with Crippen LogP contribution in [0.15, 0.2) is 60.9 Å². The van der Waals surface area contributed by atoms with E-state index >= 15 is 0 Å². The molecule has 1 amide bonds. The van der Waals surface area contributed by atoms with E-state index in [0.717, 1.165) is 22.7 Å². The first-order valence-electron chi connectivity index (χ1n) is 8.64. The first kappa shape index (κ1) is 18.5. The summed E-state index contributed by atoms with van der Waals surface area (Å²) >= 11 is 0. The number of para-hydroxylation sites is 1. The van der Waals surface area contributed by atoms with E-state index in [-0.39, 0.29) is 12.3 Å². The van der Waals surface area contributed by atoms with Crippen LogP contribution in [-0.2, 0) is 18.3 Å². The average molecular weight is 365 g/mol. The quantitative estimate of drug-likeness (QED) is 0.699. The van der Waals surface area contributed by atoms with Crippen LogP contribution in [-0.4, -0.2) is 29.7 Å². The van der Waals surface area contributed by atoms with Gasteiger partial charge in [0.05, 0.1) is 20.6 Å². The molecule has 1 atom stereocenters. The highest BCUT2D eigenvalue weighted by Gasteiger charge is 2.23. The Hall–Kier alpha value is -3.28. The number of hydrogen-bond donors (Lipinski definition) is 1. The SMILES string of the molecule is COc1cccc(CC(=O)NC(c2ccccc2OC)c2nccn2C)c1. The fourth-order valence-electron chi connectivity index (χ4n) is 3.02. The molecule has 1 unspecified atom stereocenters. The molecule has 1 heterocycles. The maximum absolute atomic E-state index is 12.8. The Labute approximate surface area is 158 Å². The number of nitrogens with one attached hydrogen (secondary N) is 1. The van der Waals surface area contributed by atoms with Gasteiger partial charge in [-0.1, -0.05) is 30.3 Å². The van der Waals surface area contributed by atoms with Crippen LogP contribution in [0.25, 0.3) is 0 Å². The van der Waals surface area contributed by atoms with Crippen molar-refractivity contribution < 1.29 is 14.3 Å². The standard InChI is InChI=1S/C21H23N3O3/c1-24-12-11-22-21(24)20(17-9-4-5-10-18(17)27-3)23-19(25)14-15-7-6-8-16(13-15)26-2/h4-13,20H,14H2,1-3H3,(H,23,25). The normalized spacial score (nSPS) is 11.7. The topological polar surface area (TPSA) is 65.4 Å². The molecule has 0 fully saturated rings. The molecule has 0 spiro atoms.